The van der Waals surface area contributed by atoms with Crippen LogP contribution in [0.4, 0.5) is 0 Å². The van der Waals surface area contributed by atoms with E-state index in [-0.39, 0.29) is 0 Å². The molecular weight excluding hydrogens is 512 g/mol. The molecule has 0 atom stereocenters. The van der Waals surface area contributed by atoms with Gasteiger partial charge in [-0.05, 0) is 51.1 Å². The molecule has 8 heteroatoms. The number of unbranched alkanes of at least 4 members (excludes halogenated alkanes) is 20. The zero-order valence-corrected chi connectivity index (χ0v) is 26.8. The molecule has 0 saturated carbocycles. The van der Waals surface area contributed by atoms with E-state index in [1.54, 1.807) is 20.8 Å². The Hall–Kier alpha value is -1.22. The monoisotopic (exact) mass is 574 g/mol. The van der Waals surface area contributed by atoms with Gasteiger partial charge in [-0.25, -0.2) is 9.59 Å². The minimum absolute atomic E-state index is 0.663. The van der Waals surface area contributed by atoms with Crippen molar-refractivity contribution in [3.05, 3.63) is 0 Å². The molecule has 0 aromatic rings. The second kappa shape index (κ2) is 25.5. The lowest BCUT2D eigenvalue weighted by Gasteiger charge is -2.21. The van der Waals surface area contributed by atoms with Gasteiger partial charge in [0.2, 0.25) is 0 Å². The fourth-order valence-corrected chi connectivity index (χ4v) is 4.38. The molecule has 0 aliphatic heterocycles. The Balaban J connectivity index is 3.45. The lowest BCUT2D eigenvalue weighted by Crippen LogP contribution is -2.28. The van der Waals surface area contributed by atoms with E-state index in [0.717, 1.165) is 19.3 Å². The van der Waals surface area contributed by atoms with E-state index in [1.807, 2.05) is 13.8 Å². The fourth-order valence-electron chi connectivity index (χ4n) is 4.38. The summed E-state index contributed by atoms with van der Waals surface area (Å²) < 4.78 is 0. The van der Waals surface area contributed by atoms with Gasteiger partial charge in [-0.15, -0.1) is 0 Å². The molecule has 0 bridgehead atoms. The van der Waals surface area contributed by atoms with Crippen molar-refractivity contribution in [3.8, 4) is 0 Å². The lowest BCUT2D eigenvalue weighted by molar-refractivity contribution is -0.525. The van der Waals surface area contributed by atoms with E-state index in [9.17, 15) is 9.59 Å². The van der Waals surface area contributed by atoms with Crippen molar-refractivity contribution in [3.63, 3.8) is 0 Å². The Morgan fingerprint density at radius 2 is 0.750 bits per heavy atom. The third-order valence-electron chi connectivity index (χ3n) is 6.81. The molecule has 0 N–H and O–H groups in total. The zero-order valence-electron chi connectivity index (χ0n) is 26.8. The Labute approximate surface area is 245 Å². The van der Waals surface area contributed by atoms with Crippen LogP contribution in [0.3, 0.4) is 0 Å². The molecule has 0 saturated heterocycles. The topological polar surface area (TPSA) is 89.5 Å². The fraction of sp³-hybridized carbons (Fsp3) is 0.938. The van der Waals surface area contributed by atoms with Crippen LogP contribution < -0.4 is 0 Å². The second-order valence-electron chi connectivity index (χ2n) is 12.7. The number of hydrogen-bond acceptors (Lipinski definition) is 8. The largest absolute Gasteiger partial charge is 0.456 e. The number of hydrogen-bond donors (Lipinski definition) is 0. The SMILES string of the molecule is CCCCCCCCCCCCCCCCCCCCCCCC(C)(C)OOOC(=O)C(=O)OOOC(C)(C)C. The van der Waals surface area contributed by atoms with E-state index >= 15 is 0 Å². The maximum Gasteiger partial charge on any atom is 0.456 e. The molecule has 0 aromatic heterocycles. The summed E-state index contributed by atoms with van der Waals surface area (Å²) in [5.41, 5.74) is -1.37. The summed E-state index contributed by atoms with van der Waals surface area (Å²) in [5.74, 6) is -2.84. The van der Waals surface area contributed by atoms with Gasteiger partial charge in [-0.3, -0.25) is 9.78 Å². The van der Waals surface area contributed by atoms with E-state index in [2.05, 4.69) is 26.8 Å². The number of carbonyl (C=O) groups is 2. The standard InChI is InChI=1S/C32H62O8/c1-7-8-9-10-11-12-13-14-15-16-17-18-19-20-21-22-23-24-25-26-27-28-32(5,6)38-40-36-30(34)29(33)35-39-37-31(2,3)4/h7-28H2,1-6H3. The normalized spacial score (nSPS) is 12.1. The van der Waals surface area contributed by atoms with Crippen LogP contribution in [0.2, 0.25) is 0 Å². The second-order valence-corrected chi connectivity index (χ2v) is 12.7. The highest BCUT2D eigenvalue weighted by Crippen LogP contribution is 2.21. The molecule has 0 aromatic carbocycles. The van der Waals surface area contributed by atoms with Crippen LogP contribution in [0.15, 0.2) is 0 Å². The summed E-state index contributed by atoms with van der Waals surface area (Å²) in [6.07, 6.45) is 29.1. The molecule has 0 radical (unpaired) electrons. The number of carbonyl (C=O) groups excluding carboxylic acids is 2. The summed E-state index contributed by atoms with van der Waals surface area (Å²) in [4.78, 5) is 41.2. The first-order valence-electron chi connectivity index (χ1n) is 16.2. The van der Waals surface area contributed by atoms with E-state index < -0.39 is 23.1 Å². The van der Waals surface area contributed by atoms with Crippen LogP contribution in [0.25, 0.3) is 0 Å². The third-order valence-corrected chi connectivity index (χ3v) is 6.81. The highest BCUT2D eigenvalue weighted by atomic mass is 17.5. The predicted molar refractivity (Wildman–Crippen MR) is 158 cm³/mol. The minimum atomic E-state index is -1.42. The lowest BCUT2D eigenvalue weighted by atomic mass is 9.99. The van der Waals surface area contributed by atoms with Crippen molar-refractivity contribution in [2.45, 2.75) is 194 Å². The smallest absolute Gasteiger partial charge is 0.255 e. The molecule has 0 aliphatic rings. The maximum atomic E-state index is 11.5. The molecule has 238 valence electrons. The van der Waals surface area contributed by atoms with Gasteiger partial charge in [0.1, 0.15) is 5.60 Å². The number of rotatable bonds is 27. The molecule has 0 spiro atoms. The van der Waals surface area contributed by atoms with Crippen molar-refractivity contribution >= 4 is 11.9 Å². The molecular formula is C32H62O8. The highest BCUT2D eigenvalue weighted by Gasteiger charge is 2.26. The first kappa shape index (κ1) is 38.8. The molecule has 0 heterocycles. The Bertz CT molecular complexity index is 600. The molecule has 0 rings (SSSR count). The Kier molecular flexibility index (Phi) is 24.7. The average Bonchev–Trinajstić information content (AvgIpc) is 2.88. The third kappa shape index (κ3) is 28.3. The van der Waals surface area contributed by atoms with Crippen molar-refractivity contribution < 1.29 is 39.2 Å². The first-order valence-corrected chi connectivity index (χ1v) is 16.2. The van der Waals surface area contributed by atoms with Crippen molar-refractivity contribution in [2.24, 2.45) is 0 Å². The summed E-state index contributed by atoms with van der Waals surface area (Å²) >= 11 is 0. The van der Waals surface area contributed by atoms with Crippen LogP contribution in [0.1, 0.15) is 183 Å². The van der Waals surface area contributed by atoms with E-state index in [0.29, 0.717) is 0 Å². The Morgan fingerprint density at radius 3 is 1.07 bits per heavy atom. The van der Waals surface area contributed by atoms with Crippen LogP contribution in [-0.2, 0) is 39.2 Å². The molecule has 40 heavy (non-hydrogen) atoms. The van der Waals surface area contributed by atoms with Crippen molar-refractivity contribution in [2.75, 3.05) is 0 Å². The van der Waals surface area contributed by atoms with Crippen molar-refractivity contribution in [1.82, 2.24) is 0 Å². The molecule has 8 nitrogen and oxygen atoms in total. The van der Waals surface area contributed by atoms with Gasteiger partial charge < -0.3 is 0 Å². The first-order chi connectivity index (χ1) is 19.1. The van der Waals surface area contributed by atoms with Gasteiger partial charge >= 0.3 is 11.9 Å². The highest BCUT2D eigenvalue weighted by molar-refractivity contribution is 6.29. The van der Waals surface area contributed by atoms with Gasteiger partial charge in [0.15, 0.2) is 0 Å². The predicted octanol–water partition coefficient (Wildman–Crippen LogP) is 9.98. The van der Waals surface area contributed by atoms with Gasteiger partial charge in [-0.1, -0.05) is 142 Å². The van der Waals surface area contributed by atoms with Crippen LogP contribution in [-0.4, -0.2) is 23.1 Å². The van der Waals surface area contributed by atoms with Crippen LogP contribution in [0.5, 0.6) is 0 Å². The molecule has 0 amide bonds. The Morgan fingerprint density at radius 1 is 0.450 bits per heavy atom. The van der Waals surface area contributed by atoms with Gasteiger partial charge in [0, 0.05) is 0 Å². The van der Waals surface area contributed by atoms with Crippen LogP contribution >= 0.6 is 0 Å². The summed E-state index contributed by atoms with van der Waals surface area (Å²) in [6, 6.07) is 0. The van der Waals surface area contributed by atoms with E-state index in [1.165, 1.54) is 122 Å². The molecule has 0 aliphatic carbocycles. The maximum absolute atomic E-state index is 11.5. The van der Waals surface area contributed by atoms with Gasteiger partial charge in [0.25, 0.3) is 0 Å². The van der Waals surface area contributed by atoms with Crippen LogP contribution in [0, 0.1) is 0 Å². The molecule has 0 fully saturated rings. The quantitative estimate of drug-likeness (QED) is 0.0414. The molecule has 0 unspecified atom stereocenters. The average molecular weight is 575 g/mol. The summed E-state index contributed by atoms with van der Waals surface area (Å²) in [7, 11) is 0. The van der Waals surface area contributed by atoms with E-state index in [4.69, 9.17) is 9.78 Å². The summed E-state index contributed by atoms with van der Waals surface area (Å²) in [6.45, 7) is 11.0. The van der Waals surface area contributed by atoms with Crippen molar-refractivity contribution in [1.29, 1.82) is 0 Å². The summed E-state index contributed by atoms with van der Waals surface area (Å²) in [5, 5.41) is 8.71. The zero-order chi connectivity index (χ0) is 30.0. The minimum Gasteiger partial charge on any atom is -0.255 e. The van der Waals surface area contributed by atoms with Gasteiger partial charge in [0.05, 0.1) is 5.60 Å². The van der Waals surface area contributed by atoms with Gasteiger partial charge in [-0.2, -0.15) is 9.78 Å².